The third-order valence-electron chi connectivity index (χ3n) is 1.14. The fraction of sp³-hybridized carbons (Fsp3) is 0.538. The first kappa shape index (κ1) is 23.0. The summed E-state index contributed by atoms with van der Waals surface area (Å²) in [4.78, 5) is 20.0. The van der Waals surface area contributed by atoms with Gasteiger partial charge in [0.25, 0.3) is 0 Å². The normalized spacial score (nSPS) is 10.7. The molecule has 0 heterocycles. The van der Waals surface area contributed by atoms with Crippen molar-refractivity contribution in [3.8, 4) is 0 Å². The fourth-order valence-electron chi connectivity index (χ4n) is 0.690. The van der Waals surface area contributed by atoms with E-state index in [4.69, 9.17) is 0 Å². The Labute approximate surface area is 123 Å². The first-order chi connectivity index (χ1) is 8.67. The molecular weight excluding hydrogens is 263 g/mol. The Balaban J connectivity index is -0.000000206. The van der Waals surface area contributed by atoms with Gasteiger partial charge in [0, 0.05) is 0 Å². The van der Waals surface area contributed by atoms with E-state index in [0.717, 1.165) is 25.2 Å². The Bertz CT molecular complexity index is 270. The van der Waals surface area contributed by atoms with Crippen molar-refractivity contribution < 1.29 is 23.6 Å². The maximum atomic E-state index is 9.98. The van der Waals surface area contributed by atoms with E-state index >= 15 is 0 Å². The van der Waals surface area contributed by atoms with Crippen LogP contribution in [0.3, 0.4) is 0 Å². The molecule has 0 N–H and O–H groups in total. The molecule has 5 nitrogen and oxygen atoms in total. The number of rotatable bonds is 4. The van der Waals surface area contributed by atoms with E-state index in [1.54, 1.807) is 0 Å². The first-order valence-corrected chi connectivity index (χ1v) is 6.17. The van der Waals surface area contributed by atoms with Gasteiger partial charge >= 0.3 is 40.4 Å². The van der Waals surface area contributed by atoms with Gasteiger partial charge in [-0.3, -0.25) is 9.59 Å². The standard InChI is InChI=1S/2C5H8O2.C3H7O.Al/c2*1-4(6)3-5(2)7;1-2-3-4;/h2*3,6H,1-2H3;2-3H2,1H3;/q;;-1;+3/p-2/b2*4-3-;;. The second-order valence-electron chi connectivity index (χ2n) is 3.60. The molecule has 0 fully saturated rings. The molecule has 0 aromatic heterocycles. The van der Waals surface area contributed by atoms with Crippen LogP contribution in [-0.4, -0.2) is 34.8 Å². The summed E-state index contributed by atoms with van der Waals surface area (Å²) >= 11 is 2.20. The Morgan fingerprint density at radius 1 is 1.00 bits per heavy atom. The zero-order valence-corrected chi connectivity index (χ0v) is 13.3. The van der Waals surface area contributed by atoms with Gasteiger partial charge in [0.05, 0.1) is 0 Å². The monoisotopic (exact) mass is 284 g/mol. The summed E-state index contributed by atoms with van der Waals surface area (Å²) in [7, 11) is 0. The fourth-order valence-corrected chi connectivity index (χ4v) is 0.926. The van der Waals surface area contributed by atoms with Crippen molar-refractivity contribution in [3.05, 3.63) is 23.7 Å². The molecule has 0 aliphatic rings. The van der Waals surface area contributed by atoms with Crippen LogP contribution in [0.4, 0.5) is 0 Å². The summed E-state index contributed by atoms with van der Waals surface area (Å²) < 4.78 is 4.61. The summed E-state index contributed by atoms with van der Waals surface area (Å²) in [6.07, 6.45) is 3.21. The van der Waals surface area contributed by atoms with Crippen molar-refractivity contribution in [2.45, 2.75) is 41.0 Å². The number of allylic oxidation sites excluding steroid dienone is 4. The number of carbonyl (C=O) groups excluding carboxylic acids is 2. The van der Waals surface area contributed by atoms with Gasteiger partial charge in [-0.2, -0.15) is 0 Å². The van der Waals surface area contributed by atoms with Crippen LogP contribution in [0.25, 0.3) is 0 Å². The number of hydrogen-bond donors (Lipinski definition) is 0. The van der Waals surface area contributed by atoms with Crippen LogP contribution in [0, 0.1) is 0 Å². The van der Waals surface area contributed by atoms with Crippen molar-refractivity contribution in [2.75, 3.05) is 6.61 Å². The average Bonchev–Trinajstić information content (AvgIpc) is 2.15. The molecule has 19 heavy (non-hydrogen) atoms. The molecule has 0 amide bonds. The van der Waals surface area contributed by atoms with Gasteiger partial charge in [-0.25, -0.2) is 0 Å². The van der Waals surface area contributed by atoms with E-state index in [0.29, 0.717) is 0 Å². The van der Waals surface area contributed by atoms with Gasteiger partial charge in [-0.1, -0.05) is 13.8 Å². The molecule has 0 saturated carbocycles. The zero-order chi connectivity index (χ0) is 15.8. The molecule has 0 aromatic rings. The van der Waals surface area contributed by atoms with Crippen LogP contribution in [0.5, 0.6) is 0 Å². The summed E-state index contributed by atoms with van der Waals surface area (Å²) in [5.41, 5.74) is 0. The molecule has 0 aliphatic carbocycles. The van der Waals surface area contributed by atoms with Crippen LogP contribution in [0.15, 0.2) is 23.7 Å². The van der Waals surface area contributed by atoms with E-state index in [9.17, 15) is 19.8 Å². The van der Waals surface area contributed by atoms with E-state index in [1.807, 2.05) is 0 Å². The quantitative estimate of drug-likeness (QED) is 0.417. The Kier molecular flexibility index (Phi) is 20.5. The third kappa shape index (κ3) is 47.3. The summed E-state index contributed by atoms with van der Waals surface area (Å²) in [6.45, 7) is 8.32. The van der Waals surface area contributed by atoms with Crippen LogP contribution >= 0.6 is 0 Å². The first-order valence-electron chi connectivity index (χ1n) is 5.70. The van der Waals surface area contributed by atoms with Gasteiger partial charge in [0.2, 0.25) is 0 Å². The molecule has 0 aliphatic heterocycles. The van der Waals surface area contributed by atoms with E-state index in [2.05, 4.69) is 27.3 Å². The predicted molar refractivity (Wildman–Crippen MR) is 70.9 cm³/mol. The van der Waals surface area contributed by atoms with Crippen molar-refractivity contribution >= 4 is 28.2 Å². The van der Waals surface area contributed by atoms with Gasteiger partial charge in [-0.05, 0) is 26.0 Å². The van der Waals surface area contributed by atoms with Crippen molar-refractivity contribution in [3.63, 3.8) is 0 Å². The molecule has 0 rings (SSSR count). The third-order valence-corrected chi connectivity index (χ3v) is 1.37. The number of carbonyl (C=O) groups is 2. The summed E-state index contributed by atoms with van der Waals surface area (Å²) in [5.74, 6) is -0.750. The Morgan fingerprint density at radius 3 is 1.32 bits per heavy atom. The molecule has 0 saturated heterocycles. The predicted octanol–water partition coefficient (Wildman–Crippen LogP) is 0.175. The molecule has 0 spiro atoms. The number of ketones is 2. The van der Waals surface area contributed by atoms with Crippen LogP contribution in [0.2, 0.25) is 0 Å². The second kappa shape index (κ2) is 16.9. The molecule has 6 heteroatoms. The van der Waals surface area contributed by atoms with Gasteiger partial charge < -0.3 is 10.2 Å². The molecule has 0 atom stereocenters. The van der Waals surface area contributed by atoms with E-state index in [-0.39, 0.29) is 23.1 Å². The number of hydrogen-bond acceptors (Lipinski definition) is 5. The van der Waals surface area contributed by atoms with E-state index < -0.39 is 0 Å². The van der Waals surface area contributed by atoms with Gasteiger partial charge in [0.1, 0.15) is 0 Å². The molecule has 106 valence electrons. The minimum atomic E-state index is -0.187. The zero-order valence-electron chi connectivity index (χ0n) is 12.2. The van der Waals surface area contributed by atoms with Crippen LogP contribution in [0.1, 0.15) is 41.0 Å². The van der Waals surface area contributed by atoms with Gasteiger partial charge in [0.15, 0.2) is 11.6 Å². The average molecular weight is 284 g/mol. The van der Waals surface area contributed by atoms with Gasteiger partial charge in [-0.15, -0.1) is 11.5 Å². The van der Waals surface area contributed by atoms with Crippen molar-refractivity contribution in [2.24, 2.45) is 0 Å². The Morgan fingerprint density at radius 2 is 1.32 bits per heavy atom. The topological polar surface area (TPSA) is 89.5 Å². The molecule has 0 bridgehead atoms. The second-order valence-corrected chi connectivity index (χ2v) is 3.94. The van der Waals surface area contributed by atoms with E-state index in [1.165, 1.54) is 27.7 Å². The maximum absolute atomic E-state index is 9.98. The summed E-state index contributed by atoms with van der Waals surface area (Å²) in [5, 5.41) is 20.0. The molecule has 0 radical (unpaired) electrons. The molecule has 0 unspecified atom stereocenters. The molecule has 0 aromatic carbocycles. The van der Waals surface area contributed by atoms with Crippen molar-refractivity contribution in [1.29, 1.82) is 0 Å². The van der Waals surface area contributed by atoms with Crippen LogP contribution in [-0.2, 0) is 13.4 Å². The summed E-state index contributed by atoms with van der Waals surface area (Å²) in [6, 6.07) is 0. The molecular formula is C13H21AlO5. The van der Waals surface area contributed by atoms with Crippen molar-refractivity contribution in [1.82, 2.24) is 0 Å². The minimum absolute atomic E-state index is 0.187. The Hall–Kier alpha value is -1.09. The SMILES string of the molecule is CC(=O)/C=C(/C)[O-].CC(=O)/C=C(/C)[O-].CCC[O][Al+2]. The van der Waals surface area contributed by atoms with Crippen LogP contribution < -0.4 is 10.2 Å².